The highest BCUT2D eigenvalue weighted by Crippen LogP contribution is 2.23. The number of ether oxygens (including phenoxy) is 1. The number of furan rings is 1. The summed E-state index contributed by atoms with van der Waals surface area (Å²) in [5.41, 5.74) is 1.88. The minimum absolute atomic E-state index is 0.0235. The van der Waals surface area contributed by atoms with Gasteiger partial charge in [0, 0.05) is 19.6 Å². The van der Waals surface area contributed by atoms with Crippen LogP contribution < -0.4 is 10.1 Å². The minimum atomic E-state index is -3.69. The molecule has 1 fully saturated rings. The van der Waals surface area contributed by atoms with E-state index in [9.17, 15) is 13.2 Å². The number of methoxy groups -OCH3 is 1. The molecule has 0 unspecified atom stereocenters. The summed E-state index contributed by atoms with van der Waals surface area (Å²) in [6, 6.07) is 8.39. The van der Waals surface area contributed by atoms with Gasteiger partial charge < -0.3 is 14.5 Å². The molecule has 0 radical (unpaired) electrons. The summed E-state index contributed by atoms with van der Waals surface area (Å²) in [5.74, 6) is 0.258. The predicted molar refractivity (Wildman–Crippen MR) is 100 cm³/mol. The monoisotopic (exact) mass is 392 g/mol. The van der Waals surface area contributed by atoms with Gasteiger partial charge in [-0.1, -0.05) is 18.6 Å². The number of hydrogen-bond donors (Lipinski definition) is 1. The Morgan fingerprint density at radius 2 is 1.93 bits per heavy atom. The Hall–Kier alpha value is -2.32. The van der Waals surface area contributed by atoms with E-state index in [1.54, 1.807) is 7.11 Å². The predicted octanol–water partition coefficient (Wildman–Crippen LogP) is 2.70. The summed E-state index contributed by atoms with van der Waals surface area (Å²) >= 11 is 0. The highest BCUT2D eigenvalue weighted by molar-refractivity contribution is 7.89. The van der Waals surface area contributed by atoms with Gasteiger partial charge in [-0.2, -0.15) is 4.31 Å². The van der Waals surface area contributed by atoms with E-state index in [0.29, 0.717) is 13.1 Å². The summed E-state index contributed by atoms with van der Waals surface area (Å²) in [6.45, 7) is 3.19. The fourth-order valence-electron chi connectivity index (χ4n) is 3.06. The van der Waals surface area contributed by atoms with Crippen molar-refractivity contribution in [3.63, 3.8) is 0 Å². The molecule has 3 rings (SSSR count). The van der Waals surface area contributed by atoms with Crippen molar-refractivity contribution in [2.24, 2.45) is 0 Å². The number of sulfonamides is 1. The van der Waals surface area contributed by atoms with Crippen molar-refractivity contribution >= 4 is 15.9 Å². The largest absolute Gasteiger partial charge is 0.496 e. The van der Waals surface area contributed by atoms with E-state index in [4.69, 9.17) is 9.15 Å². The van der Waals surface area contributed by atoms with Crippen molar-refractivity contribution in [1.29, 1.82) is 0 Å². The lowest BCUT2D eigenvalue weighted by atomic mass is 10.1. The third-order valence-electron chi connectivity index (χ3n) is 4.64. The molecule has 1 aromatic carbocycles. The first kappa shape index (κ1) is 19.4. The second kappa shape index (κ2) is 8.14. The van der Waals surface area contributed by atoms with Crippen LogP contribution in [-0.2, 0) is 16.6 Å². The van der Waals surface area contributed by atoms with Crippen LogP contribution in [0.2, 0.25) is 0 Å². The number of rotatable bonds is 6. The summed E-state index contributed by atoms with van der Waals surface area (Å²) in [5, 5.41) is 2.55. The quantitative estimate of drug-likeness (QED) is 0.816. The number of amides is 1. The topological polar surface area (TPSA) is 88.8 Å². The van der Waals surface area contributed by atoms with Gasteiger partial charge in [-0.05, 0) is 49.1 Å². The van der Waals surface area contributed by atoms with Crippen LogP contribution in [0.4, 0.5) is 0 Å². The molecule has 146 valence electrons. The van der Waals surface area contributed by atoms with Gasteiger partial charge in [-0.15, -0.1) is 0 Å². The van der Waals surface area contributed by atoms with Crippen LogP contribution >= 0.6 is 0 Å². The Morgan fingerprint density at radius 1 is 1.19 bits per heavy atom. The maximum Gasteiger partial charge on any atom is 0.287 e. The van der Waals surface area contributed by atoms with Crippen molar-refractivity contribution in [3.8, 4) is 5.75 Å². The second-order valence-electron chi connectivity index (χ2n) is 6.57. The molecule has 8 heteroatoms. The minimum Gasteiger partial charge on any atom is -0.496 e. The SMILES string of the molecule is COc1cc(CNC(=O)c2ccc(S(=O)(=O)N3CCCCC3)o2)ccc1C. The van der Waals surface area contributed by atoms with Crippen LogP contribution in [-0.4, -0.2) is 38.8 Å². The molecular formula is C19H24N2O5S. The third kappa shape index (κ3) is 4.33. The molecule has 1 aliphatic rings. The maximum atomic E-state index is 12.6. The zero-order chi connectivity index (χ0) is 19.4. The van der Waals surface area contributed by atoms with Crippen LogP contribution in [0.25, 0.3) is 0 Å². The molecule has 1 saturated heterocycles. The normalized spacial score (nSPS) is 15.5. The lowest BCUT2D eigenvalue weighted by Gasteiger charge is -2.24. The van der Waals surface area contributed by atoms with Gasteiger partial charge in [0.25, 0.3) is 15.9 Å². The van der Waals surface area contributed by atoms with E-state index >= 15 is 0 Å². The molecule has 0 atom stereocenters. The fraction of sp³-hybridized carbons (Fsp3) is 0.421. The average molecular weight is 392 g/mol. The zero-order valence-corrected chi connectivity index (χ0v) is 16.3. The number of nitrogens with one attached hydrogen (secondary N) is 1. The van der Waals surface area contributed by atoms with Gasteiger partial charge in [0.05, 0.1) is 7.11 Å². The zero-order valence-electron chi connectivity index (χ0n) is 15.5. The van der Waals surface area contributed by atoms with E-state index in [-0.39, 0.29) is 17.4 Å². The molecule has 2 aromatic rings. The maximum absolute atomic E-state index is 12.6. The Labute approximate surface area is 159 Å². The molecule has 1 amide bonds. The Balaban J connectivity index is 1.66. The Bertz CT molecular complexity index is 914. The van der Waals surface area contributed by atoms with Crippen LogP contribution in [0.5, 0.6) is 5.75 Å². The van der Waals surface area contributed by atoms with Crippen molar-refractivity contribution in [3.05, 3.63) is 47.2 Å². The smallest absolute Gasteiger partial charge is 0.287 e. The molecule has 1 N–H and O–H groups in total. The standard InChI is InChI=1S/C19H24N2O5S/c1-14-6-7-15(12-17(14)25-2)13-20-19(22)16-8-9-18(26-16)27(23,24)21-10-4-3-5-11-21/h6-9,12H,3-5,10-11,13H2,1-2H3,(H,20,22). The summed E-state index contributed by atoms with van der Waals surface area (Å²) in [4.78, 5) is 12.3. The van der Waals surface area contributed by atoms with Crippen molar-refractivity contribution in [2.75, 3.05) is 20.2 Å². The first-order valence-electron chi connectivity index (χ1n) is 8.93. The van der Waals surface area contributed by atoms with Crippen molar-refractivity contribution in [1.82, 2.24) is 9.62 Å². The summed E-state index contributed by atoms with van der Waals surface area (Å²) < 4.78 is 37.2. The van der Waals surface area contributed by atoms with Crippen LogP contribution in [0.1, 0.15) is 40.9 Å². The van der Waals surface area contributed by atoms with Crippen molar-refractivity contribution < 1.29 is 22.4 Å². The van der Waals surface area contributed by atoms with Gasteiger partial charge >= 0.3 is 0 Å². The molecule has 1 aliphatic heterocycles. The summed E-state index contributed by atoms with van der Waals surface area (Å²) in [7, 11) is -2.09. The van der Waals surface area contributed by atoms with E-state index in [1.807, 2.05) is 25.1 Å². The van der Waals surface area contributed by atoms with Crippen molar-refractivity contribution in [2.45, 2.75) is 37.8 Å². The van der Waals surface area contributed by atoms with E-state index in [0.717, 1.165) is 36.1 Å². The third-order valence-corrected chi connectivity index (χ3v) is 6.41. The molecule has 0 aliphatic carbocycles. The molecule has 0 saturated carbocycles. The fourth-order valence-corrected chi connectivity index (χ4v) is 4.49. The first-order chi connectivity index (χ1) is 12.9. The Morgan fingerprint density at radius 3 is 2.63 bits per heavy atom. The van der Waals surface area contributed by atoms with Crippen LogP contribution in [0.3, 0.4) is 0 Å². The molecule has 2 heterocycles. The summed E-state index contributed by atoms with van der Waals surface area (Å²) in [6.07, 6.45) is 2.71. The van der Waals surface area contributed by atoms with E-state index in [1.165, 1.54) is 16.4 Å². The van der Waals surface area contributed by atoms with Gasteiger partial charge in [-0.3, -0.25) is 4.79 Å². The number of piperidine rings is 1. The molecule has 27 heavy (non-hydrogen) atoms. The highest BCUT2D eigenvalue weighted by atomic mass is 32.2. The van der Waals surface area contributed by atoms with Gasteiger partial charge in [-0.25, -0.2) is 8.42 Å². The van der Waals surface area contributed by atoms with E-state index < -0.39 is 15.9 Å². The first-order valence-corrected chi connectivity index (χ1v) is 10.4. The number of benzene rings is 1. The number of hydrogen-bond acceptors (Lipinski definition) is 5. The average Bonchev–Trinajstić information content (AvgIpc) is 3.19. The number of carbonyl (C=O) groups excluding carboxylic acids is 1. The lowest BCUT2D eigenvalue weighted by Crippen LogP contribution is -2.35. The van der Waals surface area contributed by atoms with Gasteiger partial charge in [0.15, 0.2) is 5.76 Å². The van der Waals surface area contributed by atoms with Gasteiger partial charge in [0.2, 0.25) is 5.09 Å². The van der Waals surface area contributed by atoms with Crippen LogP contribution in [0.15, 0.2) is 39.8 Å². The lowest BCUT2D eigenvalue weighted by molar-refractivity contribution is 0.0917. The van der Waals surface area contributed by atoms with Crippen LogP contribution in [0, 0.1) is 6.92 Å². The second-order valence-corrected chi connectivity index (χ2v) is 8.44. The number of aryl methyl sites for hydroxylation is 1. The molecule has 1 aromatic heterocycles. The number of nitrogens with zero attached hydrogens (tertiary/aromatic N) is 1. The highest BCUT2D eigenvalue weighted by Gasteiger charge is 2.29. The number of carbonyl (C=O) groups is 1. The molecule has 0 bridgehead atoms. The molecular weight excluding hydrogens is 368 g/mol. The van der Waals surface area contributed by atoms with Gasteiger partial charge in [0.1, 0.15) is 5.75 Å². The molecule has 0 spiro atoms. The molecule has 7 nitrogen and oxygen atoms in total. The Kier molecular flexibility index (Phi) is 5.86. The van der Waals surface area contributed by atoms with E-state index in [2.05, 4.69) is 5.32 Å².